The summed E-state index contributed by atoms with van der Waals surface area (Å²) in [5.74, 6) is -2.16. The lowest BCUT2D eigenvalue weighted by Crippen LogP contribution is -2.40. The Labute approximate surface area is 194 Å². The molecule has 1 fully saturated rings. The van der Waals surface area contributed by atoms with Gasteiger partial charge in [0.1, 0.15) is 0 Å². The lowest BCUT2D eigenvalue weighted by molar-refractivity contribution is -0.116. The highest BCUT2D eigenvalue weighted by Crippen LogP contribution is 2.26. The minimum Gasteiger partial charge on any atom is -0.379 e. The molecule has 1 aromatic heterocycles. The van der Waals surface area contributed by atoms with Crippen molar-refractivity contribution in [2.24, 2.45) is 0 Å². The van der Waals surface area contributed by atoms with Crippen LogP contribution in [0.3, 0.4) is 0 Å². The number of rotatable bonds is 7. The molecule has 4 rings (SSSR count). The third kappa shape index (κ3) is 5.61. The third-order valence-electron chi connectivity index (χ3n) is 5.14. The van der Waals surface area contributed by atoms with Crippen LogP contribution < -0.4 is 5.32 Å². The van der Waals surface area contributed by atoms with Gasteiger partial charge in [-0.05, 0) is 42.3 Å². The summed E-state index contributed by atoms with van der Waals surface area (Å²) in [4.78, 5) is 16.8. The zero-order chi connectivity index (χ0) is 23.4. The molecule has 11 heteroatoms. The fourth-order valence-corrected chi connectivity index (χ4v) is 5.47. The molecule has 7 nitrogen and oxygen atoms in total. The number of aromatic nitrogens is 1. The van der Waals surface area contributed by atoms with E-state index in [4.69, 9.17) is 4.74 Å². The number of nitrogens with zero attached hydrogens (tertiary/aromatic N) is 2. The SMILES string of the molecule is O=C(CCc1ccc(S(=O)(=O)N2CCOCC2)cc1)Nc1nc(-c2ccc(F)c(F)c2)cs1. The largest absolute Gasteiger partial charge is 0.379 e. The number of ether oxygens (including phenoxy) is 1. The van der Waals surface area contributed by atoms with E-state index in [0.29, 0.717) is 49.1 Å². The van der Waals surface area contributed by atoms with Crippen LogP contribution in [0.5, 0.6) is 0 Å². The molecule has 0 aliphatic carbocycles. The fourth-order valence-electron chi connectivity index (χ4n) is 3.32. The van der Waals surface area contributed by atoms with Crippen molar-refractivity contribution in [1.82, 2.24) is 9.29 Å². The first-order valence-corrected chi connectivity index (χ1v) is 12.5. The van der Waals surface area contributed by atoms with Gasteiger partial charge in [0.05, 0.1) is 23.8 Å². The maximum atomic E-state index is 13.4. The molecule has 1 N–H and O–H groups in total. The van der Waals surface area contributed by atoms with Crippen molar-refractivity contribution in [3.05, 3.63) is 65.0 Å². The Kier molecular flexibility index (Phi) is 7.13. The number of halogens is 2. The van der Waals surface area contributed by atoms with Crippen LogP contribution >= 0.6 is 11.3 Å². The number of hydrogen-bond acceptors (Lipinski definition) is 6. The number of hydrogen-bond donors (Lipinski definition) is 1. The molecule has 1 saturated heterocycles. The molecule has 0 unspecified atom stereocenters. The van der Waals surface area contributed by atoms with Gasteiger partial charge in [-0.2, -0.15) is 4.31 Å². The zero-order valence-electron chi connectivity index (χ0n) is 17.5. The molecule has 1 aliphatic rings. The number of nitrogens with one attached hydrogen (secondary N) is 1. The summed E-state index contributed by atoms with van der Waals surface area (Å²) in [5.41, 5.74) is 1.68. The Hall–Kier alpha value is -2.73. The second kappa shape index (κ2) is 10.0. The number of morpholine rings is 1. The summed E-state index contributed by atoms with van der Waals surface area (Å²) in [6.07, 6.45) is 0.598. The standard InChI is InChI=1S/C22H21F2N3O4S2/c23-18-7-4-16(13-19(18)24)20-14-32-22(25-20)26-21(28)8-3-15-1-5-17(6-2-15)33(29,30)27-9-11-31-12-10-27/h1-2,4-7,13-14H,3,8-12H2,(H,25,26,28). The Bertz CT molecular complexity index is 1240. The molecule has 0 radical (unpaired) electrons. The van der Waals surface area contributed by atoms with Crippen LogP contribution in [0.25, 0.3) is 11.3 Å². The van der Waals surface area contributed by atoms with E-state index in [-0.39, 0.29) is 17.2 Å². The Morgan fingerprint density at radius 3 is 2.52 bits per heavy atom. The van der Waals surface area contributed by atoms with Crippen LogP contribution in [-0.2, 0) is 26.0 Å². The van der Waals surface area contributed by atoms with Crippen molar-refractivity contribution in [3.8, 4) is 11.3 Å². The molecule has 1 aliphatic heterocycles. The normalized spacial score (nSPS) is 14.8. The van der Waals surface area contributed by atoms with E-state index < -0.39 is 21.7 Å². The molecule has 3 aromatic rings. The molecule has 0 saturated carbocycles. The van der Waals surface area contributed by atoms with Crippen molar-refractivity contribution in [2.75, 3.05) is 31.6 Å². The van der Waals surface area contributed by atoms with E-state index in [2.05, 4.69) is 10.3 Å². The van der Waals surface area contributed by atoms with Gasteiger partial charge in [0.2, 0.25) is 15.9 Å². The van der Waals surface area contributed by atoms with Crippen molar-refractivity contribution < 1.29 is 26.7 Å². The van der Waals surface area contributed by atoms with Crippen LogP contribution in [0.15, 0.2) is 52.7 Å². The van der Waals surface area contributed by atoms with Gasteiger partial charge >= 0.3 is 0 Å². The summed E-state index contributed by atoms with van der Waals surface area (Å²) < 4.78 is 58.5. The molecule has 2 heterocycles. The van der Waals surface area contributed by atoms with Gasteiger partial charge in [0.15, 0.2) is 16.8 Å². The molecule has 2 aromatic carbocycles. The van der Waals surface area contributed by atoms with Crippen LogP contribution in [0, 0.1) is 11.6 Å². The number of aryl methyl sites for hydroxylation is 1. The average Bonchev–Trinajstić information content (AvgIpc) is 3.29. The van der Waals surface area contributed by atoms with Gasteiger partial charge in [-0.1, -0.05) is 12.1 Å². The molecule has 0 atom stereocenters. The Morgan fingerprint density at radius 1 is 1.09 bits per heavy atom. The molecule has 0 bridgehead atoms. The van der Waals surface area contributed by atoms with E-state index in [1.807, 2.05) is 0 Å². The highest BCUT2D eigenvalue weighted by atomic mass is 32.2. The van der Waals surface area contributed by atoms with Gasteiger partial charge in [0, 0.05) is 30.5 Å². The van der Waals surface area contributed by atoms with E-state index in [1.165, 1.54) is 21.7 Å². The number of anilines is 1. The molecular formula is C22H21F2N3O4S2. The lowest BCUT2D eigenvalue weighted by Gasteiger charge is -2.26. The first-order valence-electron chi connectivity index (χ1n) is 10.2. The first kappa shape index (κ1) is 23.4. The van der Waals surface area contributed by atoms with Crippen molar-refractivity contribution in [2.45, 2.75) is 17.7 Å². The predicted octanol–water partition coefficient (Wildman–Crippen LogP) is 3.68. The summed E-state index contributed by atoms with van der Waals surface area (Å²) >= 11 is 1.18. The zero-order valence-corrected chi connectivity index (χ0v) is 19.1. The monoisotopic (exact) mass is 493 g/mol. The van der Waals surface area contributed by atoms with Gasteiger partial charge in [-0.25, -0.2) is 22.2 Å². The smallest absolute Gasteiger partial charge is 0.243 e. The highest BCUT2D eigenvalue weighted by molar-refractivity contribution is 7.89. The summed E-state index contributed by atoms with van der Waals surface area (Å²) in [7, 11) is -3.55. The Morgan fingerprint density at radius 2 is 1.82 bits per heavy atom. The van der Waals surface area contributed by atoms with E-state index >= 15 is 0 Å². The van der Waals surface area contributed by atoms with Crippen LogP contribution in [0.2, 0.25) is 0 Å². The number of carbonyl (C=O) groups is 1. The number of benzene rings is 2. The number of amides is 1. The van der Waals surface area contributed by atoms with Crippen molar-refractivity contribution >= 4 is 32.4 Å². The van der Waals surface area contributed by atoms with Crippen molar-refractivity contribution in [3.63, 3.8) is 0 Å². The minimum absolute atomic E-state index is 0.176. The fraction of sp³-hybridized carbons (Fsp3) is 0.273. The molecule has 174 valence electrons. The summed E-state index contributed by atoms with van der Waals surface area (Å²) in [6.45, 7) is 1.43. The van der Waals surface area contributed by atoms with Gasteiger partial charge < -0.3 is 10.1 Å². The maximum Gasteiger partial charge on any atom is 0.243 e. The number of thiazole rings is 1. The quantitative estimate of drug-likeness (QED) is 0.543. The number of sulfonamides is 1. The van der Waals surface area contributed by atoms with Crippen LogP contribution in [-0.4, -0.2) is 49.9 Å². The van der Waals surface area contributed by atoms with Gasteiger partial charge in [-0.15, -0.1) is 11.3 Å². The van der Waals surface area contributed by atoms with Gasteiger partial charge in [-0.3, -0.25) is 4.79 Å². The topological polar surface area (TPSA) is 88.6 Å². The molecule has 33 heavy (non-hydrogen) atoms. The summed E-state index contributed by atoms with van der Waals surface area (Å²) in [5, 5.41) is 4.70. The van der Waals surface area contributed by atoms with Crippen molar-refractivity contribution in [1.29, 1.82) is 0 Å². The predicted molar refractivity (Wildman–Crippen MR) is 120 cm³/mol. The second-order valence-corrected chi connectivity index (χ2v) is 10.2. The van der Waals surface area contributed by atoms with E-state index in [1.54, 1.807) is 29.6 Å². The maximum absolute atomic E-state index is 13.4. The van der Waals surface area contributed by atoms with E-state index in [9.17, 15) is 22.0 Å². The summed E-state index contributed by atoms with van der Waals surface area (Å²) in [6, 6.07) is 10.00. The number of carbonyl (C=O) groups excluding carboxylic acids is 1. The minimum atomic E-state index is -3.55. The highest BCUT2D eigenvalue weighted by Gasteiger charge is 2.26. The first-order chi connectivity index (χ1) is 15.8. The molecule has 0 spiro atoms. The Balaban J connectivity index is 1.32. The second-order valence-electron chi connectivity index (χ2n) is 7.38. The third-order valence-corrected chi connectivity index (χ3v) is 7.81. The van der Waals surface area contributed by atoms with Crippen LogP contribution in [0.1, 0.15) is 12.0 Å². The lowest BCUT2D eigenvalue weighted by atomic mass is 10.1. The van der Waals surface area contributed by atoms with Gasteiger partial charge in [0.25, 0.3) is 0 Å². The van der Waals surface area contributed by atoms with E-state index in [0.717, 1.165) is 17.7 Å². The molecule has 1 amide bonds. The van der Waals surface area contributed by atoms with Crippen LogP contribution in [0.4, 0.5) is 13.9 Å². The molecular weight excluding hydrogens is 472 g/mol. The average molecular weight is 494 g/mol.